The van der Waals surface area contributed by atoms with E-state index >= 15 is 0 Å². The molecule has 0 aromatic carbocycles. The van der Waals surface area contributed by atoms with Gasteiger partial charge in [-0.1, -0.05) is 0 Å². The van der Waals surface area contributed by atoms with Crippen LogP contribution in [0.5, 0.6) is 0 Å². The summed E-state index contributed by atoms with van der Waals surface area (Å²) in [7, 11) is 0. The molecule has 0 spiro atoms. The molecule has 2 aliphatic rings. The lowest BCUT2D eigenvalue weighted by Gasteiger charge is -2.38. The minimum absolute atomic E-state index is 0.138. The van der Waals surface area contributed by atoms with Crippen LogP contribution in [0.25, 0.3) is 0 Å². The molecule has 1 saturated heterocycles. The molecule has 2 atom stereocenters. The molecule has 19 heavy (non-hydrogen) atoms. The smallest absolute Gasteiger partial charge is 0.275 e. The van der Waals surface area contributed by atoms with Gasteiger partial charge < -0.3 is 4.90 Å². The van der Waals surface area contributed by atoms with Gasteiger partial charge in [0, 0.05) is 23.3 Å². The summed E-state index contributed by atoms with van der Waals surface area (Å²) >= 11 is 0. The Morgan fingerprint density at radius 2 is 1.84 bits per heavy atom. The molecule has 1 aromatic rings. The number of nitrogens with one attached hydrogen (secondary N) is 1. The van der Waals surface area contributed by atoms with Crippen LogP contribution < -0.4 is 0 Å². The Morgan fingerprint density at radius 3 is 2.58 bits per heavy atom. The van der Waals surface area contributed by atoms with Crippen LogP contribution in [0.2, 0.25) is 0 Å². The molecule has 0 bridgehead atoms. The Morgan fingerprint density at radius 1 is 1.16 bits per heavy atom. The third-order valence-electron chi connectivity index (χ3n) is 4.69. The number of hydrogen-bond donors (Lipinski definition) is 1. The van der Waals surface area contributed by atoms with Gasteiger partial charge in [-0.2, -0.15) is 5.10 Å². The molecular formula is C15H23N3O. The first kappa shape index (κ1) is 12.7. The number of fused-ring (bicyclic) bond motifs is 1. The fourth-order valence-electron chi connectivity index (χ4n) is 3.60. The average molecular weight is 261 g/mol. The lowest BCUT2D eigenvalue weighted by atomic mass is 9.93. The highest BCUT2D eigenvalue weighted by molar-refractivity contribution is 5.94. The van der Waals surface area contributed by atoms with Crippen LogP contribution >= 0.6 is 0 Å². The van der Waals surface area contributed by atoms with E-state index in [1.54, 1.807) is 0 Å². The predicted octanol–water partition coefficient (Wildman–Crippen LogP) is 2.69. The molecular weight excluding hydrogens is 238 g/mol. The Bertz CT molecular complexity index is 470. The van der Waals surface area contributed by atoms with E-state index in [2.05, 4.69) is 28.9 Å². The number of rotatable bonds is 1. The zero-order valence-corrected chi connectivity index (χ0v) is 11.9. The summed E-state index contributed by atoms with van der Waals surface area (Å²) in [5, 5.41) is 7.40. The maximum absolute atomic E-state index is 12.8. The Hall–Kier alpha value is -1.32. The summed E-state index contributed by atoms with van der Waals surface area (Å²) < 4.78 is 0. The highest BCUT2D eigenvalue weighted by Gasteiger charge is 2.33. The number of amides is 1. The van der Waals surface area contributed by atoms with Crippen LogP contribution in [0.3, 0.4) is 0 Å². The number of nitrogens with zero attached hydrogens (tertiary/aromatic N) is 2. The standard InChI is InChI=1S/C15H23N3O/c1-10-6-5-7-11(2)18(10)15(19)14-12-8-3-4-9-13(12)16-17-14/h10-11H,3-9H2,1-2H3,(H,16,17). The monoisotopic (exact) mass is 261 g/mol. The zero-order chi connectivity index (χ0) is 13.4. The number of aromatic nitrogens is 2. The molecule has 1 aromatic heterocycles. The van der Waals surface area contributed by atoms with Crippen molar-refractivity contribution in [3.63, 3.8) is 0 Å². The number of H-pyrrole nitrogens is 1. The molecule has 1 aliphatic carbocycles. The first-order valence-corrected chi connectivity index (χ1v) is 7.57. The molecule has 2 heterocycles. The number of carbonyl (C=O) groups is 1. The van der Waals surface area contributed by atoms with Crippen LogP contribution in [0.15, 0.2) is 0 Å². The number of likely N-dealkylation sites (tertiary alicyclic amines) is 1. The first-order valence-electron chi connectivity index (χ1n) is 7.57. The van der Waals surface area contributed by atoms with Gasteiger partial charge in [-0.15, -0.1) is 0 Å². The van der Waals surface area contributed by atoms with Crippen molar-refractivity contribution in [2.75, 3.05) is 0 Å². The van der Waals surface area contributed by atoms with Crippen LogP contribution in [-0.4, -0.2) is 33.1 Å². The Kier molecular flexibility index (Phi) is 3.33. The molecule has 1 N–H and O–H groups in total. The molecule has 4 heteroatoms. The molecule has 0 saturated carbocycles. The van der Waals surface area contributed by atoms with Crippen molar-refractivity contribution in [1.82, 2.24) is 15.1 Å². The minimum Gasteiger partial charge on any atom is -0.332 e. The van der Waals surface area contributed by atoms with E-state index in [-0.39, 0.29) is 5.91 Å². The van der Waals surface area contributed by atoms with E-state index in [1.165, 1.54) is 30.5 Å². The highest BCUT2D eigenvalue weighted by atomic mass is 16.2. The number of aryl methyl sites for hydroxylation is 1. The summed E-state index contributed by atoms with van der Waals surface area (Å²) in [5.41, 5.74) is 3.06. The van der Waals surface area contributed by atoms with E-state index in [9.17, 15) is 4.79 Å². The SMILES string of the molecule is CC1CCCC(C)N1C(=O)c1n[nH]c2c1CCCC2. The van der Waals surface area contributed by atoms with Crippen molar-refractivity contribution in [2.45, 2.75) is 70.9 Å². The molecule has 4 nitrogen and oxygen atoms in total. The maximum atomic E-state index is 12.8. The number of hydrogen-bond acceptors (Lipinski definition) is 2. The molecule has 104 valence electrons. The van der Waals surface area contributed by atoms with Crippen LogP contribution in [-0.2, 0) is 12.8 Å². The lowest BCUT2D eigenvalue weighted by molar-refractivity contribution is 0.0503. The molecule has 3 rings (SSSR count). The third kappa shape index (κ3) is 2.17. The van der Waals surface area contributed by atoms with Crippen LogP contribution in [0.4, 0.5) is 0 Å². The second kappa shape index (κ2) is 4.99. The molecule has 2 unspecified atom stereocenters. The molecule has 0 radical (unpaired) electrons. The van der Waals surface area contributed by atoms with Gasteiger partial charge in [0.15, 0.2) is 5.69 Å². The fraction of sp³-hybridized carbons (Fsp3) is 0.733. The second-order valence-electron chi connectivity index (χ2n) is 6.08. The number of carbonyl (C=O) groups excluding carboxylic acids is 1. The topological polar surface area (TPSA) is 49.0 Å². The summed E-state index contributed by atoms with van der Waals surface area (Å²) in [4.78, 5) is 14.8. The lowest BCUT2D eigenvalue weighted by Crippen LogP contribution is -2.47. The van der Waals surface area contributed by atoms with Gasteiger partial charge in [-0.3, -0.25) is 9.89 Å². The van der Waals surface area contributed by atoms with E-state index < -0.39 is 0 Å². The maximum Gasteiger partial charge on any atom is 0.275 e. The number of aromatic amines is 1. The largest absolute Gasteiger partial charge is 0.332 e. The Labute approximate surface area is 114 Å². The third-order valence-corrected chi connectivity index (χ3v) is 4.69. The predicted molar refractivity (Wildman–Crippen MR) is 74.2 cm³/mol. The average Bonchev–Trinajstić information content (AvgIpc) is 2.82. The van der Waals surface area contributed by atoms with E-state index in [1.807, 2.05) is 0 Å². The highest BCUT2D eigenvalue weighted by Crippen LogP contribution is 2.28. The summed E-state index contributed by atoms with van der Waals surface area (Å²) in [6, 6.07) is 0.680. The number of piperidine rings is 1. The van der Waals surface area contributed by atoms with E-state index in [4.69, 9.17) is 0 Å². The van der Waals surface area contributed by atoms with Crippen molar-refractivity contribution in [2.24, 2.45) is 0 Å². The quantitative estimate of drug-likeness (QED) is 0.845. The van der Waals surface area contributed by atoms with E-state index in [0.29, 0.717) is 17.8 Å². The van der Waals surface area contributed by atoms with Gasteiger partial charge in [0.1, 0.15) is 0 Å². The second-order valence-corrected chi connectivity index (χ2v) is 6.08. The molecule has 1 fully saturated rings. The van der Waals surface area contributed by atoms with Crippen LogP contribution in [0.1, 0.15) is 67.7 Å². The van der Waals surface area contributed by atoms with Gasteiger partial charge in [-0.25, -0.2) is 0 Å². The van der Waals surface area contributed by atoms with Gasteiger partial charge in [0.05, 0.1) is 0 Å². The normalized spacial score (nSPS) is 27.2. The summed E-state index contributed by atoms with van der Waals surface area (Å²) in [5.74, 6) is 0.138. The Balaban J connectivity index is 1.89. The van der Waals surface area contributed by atoms with Gasteiger partial charge in [-0.05, 0) is 58.8 Å². The fourth-order valence-corrected chi connectivity index (χ4v) is 3.60. The van der Waals surface area contributed by atoms with Gasteiger partial charge in [0.25, 0.3) is 5.91 Å². The first-order chi connectivity index (χ1) is 9.18. The zero-order valence-electron chi connectivity index (χ0n) is 11.9. The van der Waals surface area contributed by atoms with Crippen molar-refractivity contribution >= 4 is 5.91 Å². The van der Waals surface area contributed by atoms with Crippen molar-refractivity contribution < 1.29 is 4.79 Å². The minimum atomic E-state index is 0.138. The summed E-state index contributed by atoms with van der Waals surface area (Å²) in [6.45, 7) is 4.32. The molecule has 1 amide bonds. The van der Waals surface area contributed by atoms with Gasteiger partial charge >= 0.3 is 0 Å². The van der Waals surface area contributed by atoms with Crippen LogP contribution in [0, 0.1) is 0 Å². The van der Waals surface area contributed by atoms with Crippen molar-refractivity contribution in [3.8, 4) is 0 Å². The van der Waals surface area contributed by atoms with E-state index in [0.717, 1.165) is 25.7 Å². The van der Waals surface area contributed by atoms with Gasteiger partial charge in [0.2, 0.25) is 0 Å². The van der Waals surface area contributed by atoms with Crippen molar-refractivity contribution in [3.05, 3.63) is 17.0 Å². The summed E-state index contributed by atoms with van der Waals surface area (Å²) in [6.07, 6.45) is 7.89. The van der Waals surface area contributed by atoms with Crippen molar-refractivity contribution in [1.29, 1.82) is 0 Å². The molecule has 1 aliphatic heterocycles.